The molecule has 0 aliphatic carbocycles. The van der Waals surface area contributed by atoms with Gasteiger partial charge >= 0.3 is 0 Å². The van der Waals surface area contributed by atoms with Crippen molar-refractivity contribution < 1.29 is 4.42 Å². The Morgan fingerprint density at radius 3 is 2.81 bits per heavy atom. The maximum Gasteiger partial charge on any atom is 0.126 e. The number of furan rings is 1. The molecule has 0 radical (unpaired) electrons. The zero-order chi connectivity index (χ0) is 14.5. The third kappa shape index (κ3) is 3.40. The minimum Gasteiger partial charge on any atom is -0.472 e. The summed E-state index contributed by atoms with van der Waals surface area (Å²) in [6.07, 6.45) is 4.32. The maximum atomic E-state index is 5.12. The quantitative estimate of drug-likeness (QED) is 0.737. The highest BCUT2D eigenvalue weighted by atomic mass is 32.1. The fraction of sp³-hybridized carbons (Fsp3) is 0.235. The van der Waals surface area contributed by atoms with Crippen LogP contribution in [0.4, 0.5) is 0 Å². The van der Waals surface area contributed by atoms with Crippen molar-refractivity contribution in [3.8, 4) is 10.6 Å². The average molecular weight is 298 g/mol. The van der Waals surface area contributed by atoms with E-state index in [4.69, 9.17) is 9.40 Å². The molecule has 1 aromatic carbocycles. The van der Waals surface area contributed by atoms with E-state index in [1.165, 1.54) is 5.56 Å². The molecule has 0 amide bonds. The van der Waals surface area contributed by atoms with Crippen LogP contribution in [0.3, 0.4) is 0 Å². The first-order valence-corrected chi connectivity index (χ1v) is 8.00. The van der Waals surface area contributed by atoms with E-state index >= 15 is 0 Å². The monoisotopic (exact) mass is 298 g/mol. The Bertz CT molecular complexity index is 661. The summed E-state index contributed by atoms with van der Waals surface area (Å²) in [6, 6.07) is 12.8. The highest BCUT2D eigenvalue weighted by Crippen LogP contribution is 2.26. The summed E-state index contributed by atoms with van der Waals surface area (Å²) in [5, 5.41) is 6.69. The topological polar surface area (TPSA) is 38.1 Å². The molecule has 1 N–H and O–H groups in total. The molecule has 21 heavy (non-hydrogen) atoms. The van der Waals surface area contributed by atoms with Crippen molar-refractivity contribution in [1.29, 1.82) is 0 Å². The zero-order valence-electron chi connectivity index (χ0n) is 12.0. The van der Waals surface area contributed by atoms with Crippen molar-refractivity contribution >= 4 is 11.3 Å². The first-order valence-electron chi connectivity index (χ1n) is 7.12. The second kappa shape index (κ2) is 6.70. The van der Waals surface area contributed by atoms with Gasteiger partial charge in [-0.25, -0.2) is 4.98 Å². The van der Waals surface area contributed by atoms with Crippen molar-refractivity contribution in [3.05, 3.63) is 65.6 Å². The van der Waals surface area contributed by atoms with Gasteiger partial charge in [0, 0.05) is 23.4 Å². The summed E-state index contributed by atoms with van der Waals surface area (Å²) in [6.45, 7) is 3.08. The van der Waals surface area contributed by atoms with Crippen LogP contribution in [0.5, 0.6) is 0 Å². The van der Waals surface area contributed by atoms with Gasteiger partial charge in [-0.05, 0) is 18.2 Å². The second-order valence-corrected chi connectivity index (χ2v) is 5.74. The highest BCUT2D eigenvalue weighted by molar-refractivity contribution is 7.13. The molecular weight excluding hydrogens is 280 g/mol. The lowest BCUT2D eigenvalue weighted by atomic mass is 10.0. The Hall–Kier alpha value is -1.91. The van der Waals surface area contributed by atoms with E-state index in [1.54, 1.807) is 23.9 Å². The maximum absolute atomic E-state index is 5.12. The molecule has 0 aliphatic heterocycles. The van der Waals surface area contributed by atoms with Crippen LogP contribution in [0.25, 0.3) is 10.6 Å². The number of benzene rings is 1. The molecule has 1 atom stereocenters. The van der Waals surface area contributed by atoms with Crippen LogP contribution in [0.15, 0.2) is 58.7 Å². The predicted molar refractivity (Wildman–Crippen MR) is 86.4 cm³/mol. The fourth-order valence-corrected chi connectivity index (χ4v) is 3.19. The molecule has 3 aromatic rings. The van der Waals surface area contributed by atoms with Gasteiger partial charge < -0.3 is 9.73 Å². The van der Waals surface area contributed by atoms with Crippen LogP contribution >= 0.6 is 11.3 Å². The normalized spacial score (nSPS) is 12.4. The van der Waals surface area contributed by atoms with Crippen molar-refractivity contribution in [3.63, 3.8) is 0 Å². The smallest absolute Gasteiger partial charge is 0.126 e. The van der Waals surface area contributed by atoms with Gasteiger partial charge in [-0.2, -0.15) is 0 Å². The summed E-state index contributed by atoms with van der Waals surface area (Å²) in [5.74, 6) is 0. The Balaban J connectivity index is 1.77. The van der Waals surface area contributed by atoms with Crippen molar-refractivity contribution in [2.24, 2.45) is 0 Å². The standard InChI is InChI=1S/C17H18N2OS/c1-2-18-16(13-6-4-3-5-7-13)10-15-12-21-17(19-15)14-8-9-20-11-14/h3-9,11-12,16,18H,2,10H2,1H3. The van der Waals surface area contributed by atoms with Crippen LogP contribution in [-0.2, 0) is 6.42 Å². The van der Waals surface area contributed by atoms with Crippen LogP contribution in [0.2, 0.25) is 0 Å². The van der Waals surface area contributed by atoms with Gasteiger partial charge in [0.1, 0.15) is 11.3 Å². The number of nitrogens with zero attached hydrogens (tertiary/aromatic N) is 1. The molecule has 108 valence electrons. The molecule has 0 aliphatic rings. The van der Waals surface area contributed by atoms with Crippen LogP contribution in [0, 0.1) is 0 Å². The van der Waals surface area contributed by atoms with Crippen molar-refractivity contribution in [1.82, 2.24) is 10.3 Å². The summed E-state index contributed by atoms with van der Waals surface area (Å²) in [5.41, 5.74) is 3.47. The molecule has 0 saturated heterocycles. The first-order chi connectivity index (χ1) is 10.4. The van der Waals surface area contributed by atoms with Crippen LogP contribution < -0.4 is 5.32 Å². The second-order valence-electron chi connectivity index (χ2n) is 4.88. The minimum atomic E-state index is 0.301. The molecule has 1 unspecified atom stereocenters. The Labute approximate surface area is 128 Å². The van der Waals surface area contributed by atoms with E-state index in [1.807, 2.05) is 12.1 Å². The lowest BCUT2D eigenvalue weighted by Gasteiger charge is -2.17. The number of likely N-dealkylation sites (N-methyl/N-ethyl adjacent to an activating group) is 1. The summed E-state index contributed by atoms with van der Waals surface area (Å²) < 4.78 is 5.12. The van der Waals surface area contributed by atoms with Gasteiger partial charge in [-0.15, -0.1) is 11.3 Å². The summed E-state index contributed by atoms with van der Waals surface area (Å²) in [4.78, 5) is 4.72. The molecule has 0 spiro atoms. The van der Waals surface area contributed by atoms with Gasteiger partial charge in [0.05, 0.1) is 12.0 Å². The molecule has 3 rings (SSSR count). The fourth-order valence-electron chi connectivity index (χ4n) is 2.37. The number of nitrogens with one attached hydrogen (secondary N) is 1. The molecule has 4 heteroatoms. The Kier molecular flexibility index (Phi) is 4.48. The molecule has 2 heterocycles. The molecule has 0 fully saturated rings. The Morgan fingerprint density at radius 2 is 2.10 bits per heavy atom. The third-order valence-electron chi connectivity index (χ3n) is 3.39. The zero-order valence-corrected chi connectivity index (χ0v) is 12.8. The highest BCUT2D eigenvalue weighted by Gasteiger charge is 2.13. The van der Waals surface area contributed by atoms with Crippen molar-refractivity contribution in [2.45, 2.75) is 19.4 Å². The predicted octanol–water partition coefficient (Wildman–Crippen LogP) is 4.30. The van der Waals surface area contributed by atoms with E-state index in [9.17, 15) is 0 Å². The molecule has 0 saturated carbocycles. The molecule has 3 nitrogen and oxygen atoms in total. The van der Waals surface area contributed by atoms with E-state index in [0.717, 1.165) is 29.2 Å². The number of rotatable bonds is 6. The van der Waals surface area contributed by atoms with E-state index in [-0.39, 0.29) is 0 Å². The summed E-state index contributed by atoms with van der Waals surface area (Å²) >= 11 is 1.66. The first kappa shape index (κ1) is 14.0. The van der Waals surface area contributed by atoms with Crippen LogP contribution in [-0.4, -0.2) is 11.5 Å². The van der Waals surface area contributed by atoms with Gasteiger partial charge in [-0.3, -0.25) is 0 Å². The Morgan fingerprint density at radius 1 is 1.24 bits per heavy atom. The SMILES string of the molecule is CCNC(Cc1csc(-c2ccoc2)n1)c1ccccc1. The number of hydrogen-bond acceptors (Lipinski definition) is 4. The van der Waals surface area contributed by atoms with Crippen LogP contribution in [0.1, 0.15) is 24.2 Å². The van der Waals surface area contributed by atoms with Gasteiger partial charge in [0.15, 0.2) is 0 Å². The molecular formula is C17H18N2OS. The van der Waals surface area contributed by atoms with E-state index in [2.05, 4.69) is 41.9 Å². The van der Waals surface area contributed by atoms with Crippen molar-refractivity contribution in [2.75, 3.05) is 6.54 Å². The average Bonchev–Trinajstić information content (AvgIpc) is 3.19. The lowest BCUT2D eigenvalue weighted by molar-refractivity contribution is 0.545. The molecule has 0 bridgehead atoms. The third-order valence-corrected chi connectivity index (χ3v) is 4.33. The van der Waals surface area contributed by atoms with Gasteiger partial charge in [0.2, 0.25) is 0 Å². The number of thiazole rings is 1. The van der Waals surface area contributed by atoms with Gasteiger partial charge in [0.25, 0.3) is 0 Å². The molecule has 2 aromatic heterocycles. The van der Waals surface area contributed by atoms with E-state index < -0.39 is 0 Å². The number of hydrogen-bond donors (Lipinski definition) is 1. The largest absolute Gasteiger partial charge is 0.472 e. The summed E-state index contributed by atoms with van der Waals surface area (Å²) in [7, 11) is 0. The van der Waals surface area contributed by atoms with E-state index in [0.29, 0.717) is 6.04 Å². The number of aromatic nitrogens is 1. The van der Waals surface area contributed by atoms with Gasteiger partial charge in [-0.1, -0.05) is 37.3 Å². The lowest BCUT2D eigenvalue weighted by Crippen LogP contribution is -2.23. The minimum absolute atomic E-state index is 0.301.